The van der Waals surface area contributed by atoms with Gasteiger partial charge in [0.25, 0.3) is 5.89 Å². The van der Waals surface area contributed by atoms with Crippen molar-refractivity contribution >= 4 is 17.2 Å². The van der Waals surface area contributed by atoms with Crippen LogP contribution in [-0.4, -0.2) is 40.1 Å². The SMILES string of the molecule is CN(C)C(=O)Cc1nc(COc2nnc(-c3ccccc3)o2)cs1. The van der Waals surface area contributed by atoms with Gasteiger partial charge >= 0.3 is 6.08 Å². The number of hydrogen-bond donors (Lipinski definition) is 0. The van der Waals surface area contributed by atoms with Crippen LogP contribution in [0.25, 0.3) is 11.5 Å². The van der Waals surface area contributed by atoms with Crippen molar-refractivity contribution in [2.75, 3.05) is 14.1 Å². The zero-order chi connectivity index (χ0) is 16.9. The van der Waals surface area contributed by atoms with Crippen molar-refractivity contribution in [2.45, 2.75) is 13.0 Å². The third-order valence-electron chi connectivity index (χ3n) is 3.17. The number of thiazole rings is 1. The summed E-state index contributed by atoms with van der Waals surface area (Å²) in [5.74, 6) is 0.419. The molecule has 0 aliphatic rings. The summed E-state index contributed by atoms with van der Waals surface area (Å²) in [5, 5.41) is 10.4. The van der Waals surface area contributed by atoms with E-state index in [1.165, 1.54) is 11.3 Å². The Labute approximate surface area is 142 Å². The van der Waals surface area contributed by atoms with Crippen molar-refractivity contribution in [3.05, 3.63) is 46.4 Å². The Morgan fingerprint density at radius 3 is 2.79 bits per heavy atom. The fraction of sp³-hybridized carbons (Fsp3) is 0.250. The molecule has 0 aliphatic heterocycles. The van der Waals surface area contributed by atoms with Crippen LogP contribution in [0.3, 0.4) is 0 Å². The number of nitrogens with zero attached hydrogens (tertiary/aromatic N) is 4. The smallest absolute Gasteiger partial charge is 0.415 e. The van der Waals surface area contributed by atoms with Crippen molar-refractivity contribution in [1.82, 2.24) is 20.1 Å². The fourth-order valence-electron chi connectivity index (χ4n) is 1.89. The molecule has 1 amide bonds. The molecule has 24 heavy (non-hydrogen) atoms. The molecular formula is C16H16N4O3S. The summed E-state index contributed by atoms with van der Waals surface area (Å²) in [6, 6.07) is 9.47. The highest BCUT2D eigenvalue weighted by atomic mass is 32.1. The van der Waals surface area contributed by atoms with E-state index < -0.39 is 0 Å². The van der Waals surface area contributed by atoms with Crippen LogP contribution in [-0.2, 0) is 17.8 Å². The maximum atomic E-state index is 11.7. The minimum Gasteiger partial charge on any atom is -0.442 e. The van der Waals surface area contributed by atoms with E-state index in [2.05, 4.69) is 15.2 Å². The molecule has 8 heteroatoms. The molecule has 0 radical (unpaired) electrons. The van der Waals surface area contributed by atoms with E-state index in [0.29, 0.717) is 5.89 Å². The van der Waals surface area contributed by atoms with Crippen LogP contribution in [0.4, 0.5) is 0 Å². The summed E-state index contributed by atoms with van der Waals surface area (Å²) in [5.41, 5.74) is 1.55. The molecule has 7 nitrogen and oxygen atoms in total. The number of benzene rings is 1. The Bertz CT molecular complexity index is 814. The first-order valence-corrected chi connectivity index (χ1v) is 8.15. The lowest BCUT2D eigenvalue weighted by Crippen LogP contribution is -2.23. The van der Waals surface area contributed by atoms with Crippen molar-refractivity contribution < 1.29 is 13.9 Å². The number of carbonyl (C=O) groups excluding carboxylic acids is 1. The zero-order valence-electron chi connectivity index (χ0n) is 13.3. The molecule has 0 unspecified atom stereocenters. The van der Waals surface area contributed by atoms with E-state index >= 15 is 0 Å². The minimum atomic E-state index is 0.0150. The van der Waals surface area contributed by atoms with Crippen LogP contribution >= 0.6 is 11.3 Å². The van der Waals surface area contributed by atoms with Gasteiger partial charge in [-0.2, -0.15) is 0 Å². The standard InChI is InChI=1S/C16H16N4O3S/c1-20(2)14(21)8-13-17-12(10-24-13)9-22-16-19-18-15(23-16)11-6-4-3-5-7-11/h3-7,10H,8-9H2,1-2H3. The number of aromatic nitrogens is 3. The van der Waals surface area contributed by atoms with Gasteiger partial charge in [0.15, 0.2) is 0 Å². The summed E-state index contributed by atoms with van der Waals surface area (Å²) in [6.45, 7) is 0.211. The van der Waals surface area contributed by atoms with E-state index in [0.717, 1.165) is 16.3 Å². The van der Waals surface area contributed by atoms with E-state index in [4.69, 9.17) is 9.15 Å². The van der Waals surface area contributed by atoms with Gasteiger partial charge in [-0.05, 0) is 12.1 Å². The number of hydrogen-bond acceptors (Lipinski definition) is 7. The normalized spacial score (nSPS) is 10.6. The van der Waals surface area contributed by atoms with Crippen molar-refractivity contribution in [2.24, 2.45) is 0 Å². The number of amides is 1. The van der Waals surface area contributed by atoms with Gasteiger partial charge in [0.2, 0.25) is 5.91 Å². The fourth-order valence-corrected chi connectivity index (χ4v) is 2.65. The van der Waals surface area contributed by atoms with E-state index in [-0.39, 0.29) is 25.0 Å². The van der Waals surface area contributed by atoms with Crippen molar-refractivity contribution in [3.8, 4) is 17.5 Å². The summed E-state index contributed by atoms with van der Waals surface area (Å²) in [4.78, 5) is 17.6. The Morgan fingerprint density at radius 1 is 1.25 bits per heavy atom. The van der Waals surface area contributed by atoms with Crippen LogP contribution in [0.1, 0.15) is 10.7 Å². The summed E-state index contributed by atoms with van der Waals surface area (Å²) < 4.78 is 10.9. The number of ether oxygens (including phenoxy) is 1. The van der Waals surface area contributed by atoms with Gasteiger partial charge in [-0.3, -0.25) is 4.79 Å². The highest BCUT2D eigenvalue weighted by Gasteiger charge is 2.12. The van der Waals surface area contributed by atoms with Crippen LogP contribution in [0.5, 0.6) is 6.08 Å². The molecule has 0 saturated heterocycles. The first-order chi connectivity index (χ1) is 11.6. The zero-order valence-corrected chi connectivity index (χ0v) is 14.1. The highest BCUT2D eigenvalue weighted by Crippen LogP contribution is 2.21. The van der Waals surface area contributed by atoms with E-state index in [1.54, 1.807) is 19.0 Å². The number of likely N-dealkylation sites (N-methyl/N-ethyl adjacent to an activating group) is 1. The average Bonchev–Trinajstić information content (AvgIpc) is 3.23. The van der Waals surface area contributed by atoms with Crippen molar-refractivity contribution in [3.63, 3.8) is 0 Å². The molecule has 124 valence electrons. The second kappa shape index (κ2) is 7.22. The van der Waals surface area contributed by atoms with Crippen molar-refractivity contribution in [1.29, 1.82) is 0 Å². The number of carbonyl (C=O) groups is 1. The molecule has 0 fully saturated rings. The molecule has 0 aliphatic carbocycles. The van der Waals surface area contributed by atoms with Gasteiger partial charge in [0.1, 0.15) is 11.6 Å². The first kappa shape index (κ1) is 16.1. The lowest BCUT2D eigenvalue weighted by atomic mass is 10.2. The molecule has 3 aromatic rings. The molecule has 2 heterocycles. The van der Waals surface area contributed by atoms with Gasteiger partial charge in [-0.15, -0.1) is 16.4 Å². The molecule has 3 rings (SSSR count). The summed E-state index contributed by atoms with van der Waals surface area (Å²) in [7, 11) is 3.44. The second-order valence-electron chi connectivity index (χ2n) is 5.23. The Hall–Kier alpha value is -2.74. The Kier molecular flexibility index (Phi) is 4.85. The Morgan fingerprint density at radius 2 is 2.04 bits per heavy atom. The minimum absolute atomic E-state index is 0.0150. The maximum Gasteiger partial charge on any atom is 0.415 e. The molecule has 2 aromatic heterocycles. The third kappa shape index (κ3) is 3.96. The van der Waals surface area contributed by atoms with Gasteiger partial charge in [0, 0.05) is 25.0 Å². The lowest BCUT2D eigenvalue weighted by Gasteiger charge is -2.07. The predicted octanol–water partition coefficient (Wildman–Crippen LogP) is 2.40. The molecule has 0 spiro atoms. The molecule has 0 bridgehead atoms. The summed E-state index contributed by atoms with van der Waals surface area (Å²) >= 11 is 1.43. The van der Waals surface area contributed by atoms with Crippen LogP contribution in [0, 0.1) is 0 Å². The monoisotopic (exact) mass is 344 g/mol. The number of rotatable bonds is 6. The van der Waals surface area contributed by atoms with Gasteiger partial charge in [0.05, 0.1) is 12.1 Å². The van der Waals surface area contributed by atoms with E-state index in [9.17, 15) is 4.79 Å². The van der Waals surface area contributed by atoms with E-state index in [1.807, 2.05) is 35.7 Å². The van der Waals surface area contributed by atoms with Crippen LogP contribution in [0.15, 0.2) is 40.1 Å². The topological polar surface area (TPSA) is 81.4 Å². The summed E-state index contributed by atoms with van der Waals surface area (Å²) in [6.07, 6.45) is 0.379. The molecular weight excluding hydrogens is 328 g/mol. The third-order valence-corrected chi connectivity index (χ3v) is 4.07. The second-order valence-corrected chi connectivity index (χ2v) is 6.17. The van der Waals surface area contributed by atoms with Gasteiger partial charge < -0.3 is 14.1 Å². The van der Waals surface area contributed by atoms with Crippen LogP contribution in [0.2, 0.25) is 0 Å². The largest absolute Gasteiger partial charge is 0.442 e. The molecule has 0 atom stereocenters. The predicted molar refractivity (Wildman–Crippen MR) is 88.6 cm³/mol. The van der Waals surface area contributed by atoms with Gasteiger partial charge in [-0.25, -0.2) is 4.98 Å². The van der Waals surface area contributed by atoms with Gasteiger partial charge in [-0.1, -0.05) is 23.3 Å². The lowest BCUT2D eigenvalue weighted by molar-refractivity contribution is -0.127. The Balaban J connectivity index is 1.58. The van der Waals surface area contributed by atoms with Crippen LogP contribution < -0.4 is 4.74 Å². The maximum absolute atomic E-state index is 11.7. The average molecular weight is 344 g/mol. The highest BCUT2D eigenvalue weighted by molar-refractivity contribution is 7.09. The molecule has 0 saturated carbocycles. The first-order valence-electron chi connectivity index (χ1n) is 7.27. The molecule has 0 N–H and O–H groups in total. The quantitative estimate of drug-likeness (QED) is 0.683. The molecule has 1 aromatic carbocycles.